The van der Waals surface area contributed by atoms with Gasteiger partial charge in [0.2, 0.25) is 0 Å². The third-order valence-electron chi connectivity index (χ3n) is 4.39. The summed E-state index contributed by atoms with van der Waals surface area (Å²) in [5.74, 6) is -2.58. The molecule has 31 heavy (non-hydrogen) atoms. The van der Waals surface area contributed by atoms with Crippen LogP contribution in [0.4, 0.5) is 19.0 Å². The molecule has 3 rings (SSSR count). The van der Waals surface area contributed by atoms with Gasteiger partial charge in [0.25, 0.3) is 5.78 Å². The van der Waals surface area contributed by atoms with Gasteiger partial charge in [-0.15, -0.1) is 0 Å². The van der Waals surface area contributed by atoms with E-state index < -0.39 is 35.8 Å². The summed E-state index contributed by atoms with van der Waals surface area (Å²) >= 11 is 0. The lowest BCUT2D eigenvalue weighted by Crippen LogP contribution is -2.36. The number of Topliss-reactive ketones (excluding diaryl/α,β-unsaturated/α-hetero) is 2. The predicted molar refractivity (Wildman–Crippen MR) is 105 cm³/mol. The number of pyridine rings is 1. The van der Waals surface area contributed by atoms with Crippen LogP contribution in [0.15, 0.2) is 65.6 Å². The van der Waals surface area contributed by atoms with Crippen molar-refractivity contribution in [3.05, 3.63) is 71.7 Å². The highest BCUT2D eigenvalue weighted by Crippen LogP contribution is 2.30. The molecular formula is C21H16F3N3O4. The van der Waals surface area contributed by atoms with Crippen LogP contribution in [0.2, 0.25) is 0 Å². The third kappa shape index (κ3) is 5.03. The molecule has 0 N–H and O–H groups in total. The highest BCUT2D eigenvalue weighted by molar-refractivity contribution is 6.43. The van der Waals surface area contributed by atoms with Crippen molar-refractivity contribution in [1.29, 1.82) is 0 Å². The molecule has 1 aromatic carbocycles. The molecule has 0 saturated carbocycles. The van der Waals surface area contributed by atoms with Gasteiger partial charge in [-0.2, -0.15) is 13.2 Å². The number of esters is 1. The lowest BCUT2D eigenvalue weighted by Gasteiger charge is -2.25. The molecule has 0 saturated heterocycles. The number of allylic oxidation sites excluding steroid dienone is 1. The molecule has 2 aromatic rings. The molecule has 0 atom stereocenters. The van der Waals surface area contributed by atoms with Crippen LogP contribution in [0.3, 0.4) is 0 Å². The highest BCUT2D eigenvalue weighted by Gasteiger charge is 2.38. The molecule has 0 unspecified atom stereocenters. The van der Waals surface area contributed by atoms with Crippen LogP contribution in [-0.2, 0) is 20.7 Å². The van der Waals surface area contributed by atoms with Crippen LogP contribution < -0.4 is 4.90 Å². The van der Waals surface area contributed by atoms with E-state index in [1.54, 1.807) is 18.2 Å². The summed E-state index contributed by atoms with van der Waals surface area (Å²) in [6.07, 6.45) is -3.00. The number of hydrogen-bond donors (Lipinski definition) is 0. The summed E-state index contributed by atoms with van der Waals surface area (Å²) < 4.78 is 44.5. The lowest BCUT2D eigenvalue weighted by molar-refractivity contribution is -0.135. The largest absolute Gasteiger partial charge is 0.463 e. The van der Waals surface area contributed by atoms with Crippen LogP contribution in [0.25, 0.3) is 0 Å². The molecule has 0 spiro atoms. The van der Waals surface area contributed by atoms with Crippen LogP contribution in [-0.4, -0.2) is 48.1 Å². The zero-order valence-corrected chi connectivity index (χ0v) is 16.2. The van der Waals surface area contributed by atoms with Crippen molar-refractivity contribution in [2.75, 3.05) is 18.6 Å². The van der Waals surface area contributed by atoms with Crippen molar-refractivity contribution in [3.63, 3.8) is 0 Å². The van der Waals surface area contributed by atoms with Crippen LogP contribution >= 0.6 is 0 Å². The molecule has 160 valence electrons. The van der Waals surface area contributed by atoms with E-state index in [1.807, 2.05) is 0 Å². The Morgan fingerprint density at radius 3 is 2.45 bits per heavy atom. The Kier molecular flexibility index (Phi) is 6.28. The van der Waals surface area contributed by atoms with Crippen LogP contribution in [0, 0.1) is 0 Å². The first-order chi connectivity index (χ1) is 14.7. The fourth-order valence-electron chi connectivity index (χ4n) is 2.90. The van der Waals surface area contributed by atoms with Gasteiger partial charge >= 0.3 is 12.1 Å². The van der Waals surface area contributed by atoms with Crippen LogP contribution in [0.5, 0.6) is 0 Å². The summed E-state index contributed by atoms with van der Waals surface area (Å²) in [6, 6.07) is 10.5. The number of aliphatic imine (C=N–C) groups is 1. The molecule has 0 bridgehead atoms. The van der Waals surface area contributed by atoms with Crippen molar-refractivity contribution >= 4 is 29.1 Å². The van der Waals surface area contributed by atoms with Crippen LogP contribution in [0.1, 0.15) is 15.9 Å². The molecule has 0 amide bonds. The van der Waals surface area contributed by atoms with Gasteiger partial charge in [0.05, 0.1) is 13.7 Å². The number of ketones is 2. The maximum Gasteiger partial charge on any atom is 0.434 e. The Bertz CT molecular complexity index is 1080. The summed E-state index contributed by atoms with van der Waals surface area (Å²) in [5.41, 5.74) is -1.47. The fraction of sp³-hybridized carbons (Fsp3) is 0.190. The SMILES string of the molecule is COC(=O)C(=O)c1ccccc1CC(=O)C1=NC(C(F)(F)F)=CN(c2ccccn2)C1. The molecule has 7 nitrogen and oxygen atoms in total. The average Bonchev–Trinajstić information content (AvgIpc) is 2.78. The Balaban J connectivity index is 1.91. The molecule has 0 radical (unpaired) electrons. The van der Waals surface area contributed by atoms with Gasteiger partial charge in [-0.1, -0.05) is 30.3 Å². The first-order valence-corrected chi connectivity index (χ1v) is 8.98. The molecule has 1 aromatic heterocycles. The van der Waals surface area contributed by atoms with E-state index in [0.717, 1.165) is 13.3 Å². The molecule has 0 fully saturated rings. The normalized spacial score (nSPS) is 13.9. The quantitative estimate of drug-likeness (QED) is 0.397. The van der Waals surface area contributed by atoms with Crippen molar-refractivity contribution in [2.24, 2.45) is 4.99 Å². The maximum atomic E-state index is 13.4. The maximum absolute atomic E-state index is 13.4. The third-order valence-corrected chi connectivity index (χ3v) is 4.39. The van der Waals surface area contributed by atoms with Crippen molar-refractivity contribution < 1.29 is 32.3 Å². The second kappa shape index (κ2) is 8.90. The van der Waals surface area contributed by atoms with Gasteiger partial charge in [-0.3, -0.25) is 9.59 Å². The number of ether oxygens (including phenoxy) is 1. The number of aromatic nitrogens is 1. The predicted octanol–water partition coefficient (Wildman–Crippen LogP) is 2.91. The molecular weight excluding hydrogens is 415 g/mol. The number of halogens is 3. The minimum Gasteiger partial charge on any atom is -0.463 e. The minimum atomic E-state index is -4.78. The summed E-state index contributed by atoms with van der Waals surface area (Å²) in [7, 11) is 1.04. The second-order valence-corrected chi connectivity index (χ2v) is 6.46. The molecule has 0 aliphatic carbocycles. The Morgan fingerprint density at radius 1 is 1.10 bits per heavy atom. The number of carbonyl (C=O) groups excluding carboxylic acids is 3. The van der Waals surface area contributed by atoms with Gasteiger partial charge in [0.15, 0.2) is 11.5 Å². The van der Waals surface area contributed by atoms with Gasteiger partial charge in [0, 0.05) is 24.4 Å². The second-order valence-electron chi connectivity index (χ2n) is 6.46. The standard InChI is InChI=1S/C21H16F3N3O4/c1-31-20(30)19(29)14-7-3-2-6-13(14)10-16(28)15-11-27(18-8-4-5-9-25-18)12-17(26-15)21(22,23)24/h2-9,12H,10-11H2,1H3. The highest BCUT2D eigenvalue weighted by atomic mass is 19.4. The van der Waals surface area contributed by atoms with E-state index in [-0.39, 0.29) is 29.2 Å². The molecule has 1 aliphatic heterocycles. The summed E-state index contributed by atoms with van der Waals surface area (Å²) in [4.78, 5) is 45.3. The zero-order chi connectivity index (χ0) is 22.6. The number of rotatable bonds is 6. The van der Waals surface area contributed by atoms with E-state index in [9.17, 15) is 27.6 Å². The zero-order valence-electron chi connectivity index (χ0n) is 16.2. The number of hydrogen-bond acceptors (Lipinski definition) is 7. The van der Waals surface area contributed by atoms with Crippen molar-refractivity contribution in [1.82, 2.24) is 4.98 Å². The van der Waals surface area contributed by atoms with Crippen molar-refractivity contribution in [2.45, 2.75) is 12.6 Å². The average molecular weight is 431 g/mol. The molecule has 2 heterocycles. The van der Waals surface area contributed by atoms with E-state index >= 15 is 0 Å². The first-order valence-electron chi connectivity index (χ1n) is 8.98. The smallest absolute Gasteiger partial charge is 0.434 e. The number of carbonyl (C=O) groups is 3. The number of nitrogens with zero attached hydrogens (tertiary/aromatic N) is 3. The summed E-state index contributed by atoms with van der Waals surface area (Å²) in [6.45, 7) is -0.234. The Labute approximate surface area is 174 Å². The minimum absolute atomic E-state index is 0.0627. The van der Waals surface area contributed by atoms with E-state index in [4.69, 9.17) is 0 Å². The van der Waals surface area contributed by atoms with Gasteiger partial charge in [-0.25, -0.2) is 14.8 Å². The van der Waals surface area contributed by atoms with E-state index in [0.29, 0.717) is 0 Å². The monoisotopic (exact) mass is 431 g/mol. The summed E-state index contributed by atoms with van der Waals surface area (Å²) in [5, 5.41) is 0. The van der Waals surface area contributed by atoms with Gasteiger partial charge in [-0.05, 0) is 17.7 Å². The molecule has 10 heteroatoms. The Hall–Kier alpha value is -3.82. The Morgan fingerprint density at radius 2 is 1.81 bits per heavy atom. The number of benzene rings is 1. The number of methoxy groups -OCH3 is 1. The van der Waals surface area contributed by atoms with E-state index in [2.05, 4.69) is 14.7 Å². The van der Waals surface area contributed by atoms with E-state index in [1.165, 1.54) is 35.4 Å². The molecule has 1 aliphatic rings. The first kappa shape index (κ1) is 21.9. The van der Waals surface area contributed by atoms with Crippen molar-refractivity contribution in [3.8, 4) is 0 Å². The fourth-order valence-corrected chi connectivity index (χ4v) is 2.90. The lowest BCUT2D eigenvalue weighted by atomic mass is 9.97. The van der Waals surface area contributed by atoms with Gasteiger partial charge < -0.3 is 9.64 Å². The number of alkyl halides is 3. The number of anilines is 1. The topological polar surface area (TPSA) is 88.9 Å². The van der Waals surface area contributed by atoms with Gasteiger partial charge in [0.1, 0.15) is 11.5 Å².